The molecule has 1 heterocycles. The average Bonchev–Trinajstić information content (AvgIpc) is 2.92. The van der Waals surface area contributed by atoms with Gasteiger partial charge in [-0.3, -0.25) is 0 Å². The van der Waals surface area contributed by atoms with Crippen LogP contribution in [0.25, 0.3) is 0 Å². The highest BCUT2D eigenvalue weighted by atomic mass is 19.1. The Labute approximate surface area is 136 Å². The molecule has 0 radical (unpaired) electrons. The van der Waals surface area contributed by atoms with E-state index in [0.717, 1.165) is 32.1 Å². The van der Waals surface area contributed by atoms with Crippen LogP contribution >= 0.6 is 0 Å². The third-order valence-corrected chi connectivity index (χ3v) is 4.25. The van der Waals surface area contributed by atoms with E-state index < -0.39 is 11.6 Å². The van der Waals surface area contributed by atoms with E-state index in [2.05, 4.69) is 10.2 Å². The molecule has 6 heteroatoms. The maximum Gasteiger partial charge on any atom is 0.317 e. The van der Waals surface area contributed by atoms with Crippen molar-refractivity contribution in [2.24, 2.45) is 5.92 Å². The number of urea groups is 1. The number of benzene rings is 1. The summed E-state index contributed by atoms with van der Waals surface area (Å²) in [5.41, 5.74) is 0.415. The Hall–Kier alpha value is -1.69. The minimum atomic E-state index is -0.591. The van der Waals surface area contributed by atoms with Crippen molar-refractivity contribution in [2.75, 3.05) is 40.3 Å². The molecule has 0 unspecified atom stereocenters. The van der Waals surface area contributed by atoms with E-state index in [0.29, 0.717) is 18.0 Å². The van der Waals surface area contributed by atoms with Crippen LogP contribution in [0.1, 0.15) is 24.8 Å². The summed E-state index contributed by atoms with van der Waals surface area (Å²) in [6, 6.07) is 3.44. The molecule has 1 aromatic rings. The quantitative estimate of drug-likeness (QED) is 0.903. The number of amides is 2. The van der Waals surface area contributed by atoms with Gasteiger partial charge in [-0.2, -0.15) is 0 Å². The smallest absolute Gasteiger partial charge is 0.317 e. The van der Waals surface area contributed by atoms with Crippen LogP contribution in [0.3, 0.4) is 0 Å². The molecule has 23 heavy (non-hydrogen) atoms. The SMILES string of the molecule is C[C@@H](CNC(=O)N1CC[C@H](CN(C)C)C1)c1ccc(F)cc1F. The van der Waals surface area contributed by atoms with Gasteiger partial charge in [0.05, 0.1) is 0 Å². The second kappa shape index (κ2) is 7.73. The highest BCUT2D eigenvalue weighted by Crippen LogP contribution is 2.20. The number of halogens is 2. The molecule has 0 spiro atoms. The Morgan fingerprint density at radius 1 is 1.43 bits per heavy atom. The van der Waals surface area contributed by atoms with Gasteiger partial charge in [0.25, 0.3) is 0 Å². The minimum Gasteiger partial charge on any atom is -0.337 e. The van der Waals surface area contributed by atoms with Crippen LogP contribution in [0, 0.1) is 17.6 Å². The van der Waals surface area contributed by atoms with Crippen molar-refractivity contribution >= 4 is 6.03 Å². The van der Waals surface area contributed by atoms with Crippen LogP contribution in [0.5, 0.6) is 0 Å². The first-order valence-corrected chi connectivity index (χ1v) is 7.99. The predicted octanol–water partition coefficient (Wildman–Crippen LogP) is 2.66. The van der Waals surface area contributed by atoms with Crippen LogP contribution in [0.4, 0.5) is 13.6 Å². The molecule has 2 atom stereocenters. The van der Waals surface area contributed by atoms with E-state index in [-0.39, 0.29) is 11.9 Å². The minimum absolute atomic E-state index is 0.111. The zero-order valence-corrected chi connectivity index (χ0v) is 14.0. The van der Waals surface area contributed by atoms with Gasteiger partial charge in [-0.25, -0.2) is 13.6 Å². The monoisotopic (exact) mass is 325 g/mol. The standard InChI is InChI=1S/C17H25F2N3O/c1-12(15-5-4-14(18)8-16(15)19)9-20-17(23)22-7-6-13(11-22)10-21(2)3/h4-5,8,12-13H,6-7,9-11H2,1-3H3,(H,20,23)/t12-,13+/m0/s1. The van der Waals surface area contributed by atoms with Gasteiger partial charge < -0.3 is 15.1 Å². The van der Waals surface area contributed by atoms with E-state index in [1.165, 1.54) is 12.1 Å². The van der Waals surface area contributed by atoms with Gasteiger partial charge in [0.1, 0.15) is 11.6 Å². The van der Waals surface area contributed by atoms with Gasteiger partial charge >= 0.3 is 6.03 Å². The van der Waals surface area contributed by atoms with Gasteiger partial charge in [0.15, 0.2) is 0 Å². The zero-order chi connectivity index (χ0) is 17.0. The lowest BCUT2D eigenvalue weighted by atomic mass is 10.0. The summed E-state index contributed by atoms with van der Waals surface area (Å²) in [4.78, 5) is 16.1. The molecule has 4 nitrogen and oxygen atoms in total. The molecule has 1 N–H and O–H groups in total. The molecule has 1 aliphatic rings. The summed E-state index contributed by atoms with van der Waals surface area (Å²) in [5, 5.41) is 2.85. The number of carbonyl (C=O) groups excluding carboxylic acids is 1. The molecule has 1 fully saturated rings. The molecule has 2 amide bonds. The lowest BCUT2D eigenvalue weighted by Gasteiger charge is -2.20. The predicted molar refractivity (Wildman–Crippen MR) is 86.4 cm³/mol. The number of likely N-dealkylation sites (tertiary alicyclic amines) is 1. The van der Waals surface area contributed by atoms with Gasteiger partial charge in [-0.15, -0.1) is 0 Å². The Morgan fingerprint density at radius 3 is 2.83 bits per heavy atom. The number of nitrogens with zero attached hydrogens (tertiary/aromatic N) is 2. The van der Waals surface area contributed by atoms with Crippen LogP contribution in [-0.2, 0) is 0 Å². The summed E-state index contributed by atoms with van der Waals surface area (Å²) in [7, 11) is 4.06. The lowest BCUT2D eigenvalue weighted by Crippen LogP contribution is -2.40. The number of rotatable bonds is 5. The van der Waals surface area contributed by atoms with E-state index in [1.54, 1.807) is 0 Å². The van der Waals surface area contributed by atoms with Crippen LogP contribution in [0.2, 0.25) is 0 Å². The normalized spacial score (nSPS) is 19.2. The summed E-state index contributed by atoms with van der Waals surface area (Å²) < 4.78 is 26.7. The first-order chi connectivity index (χ1) is 10.9. The van der Waals surface area contributed by atoms with Crippen molar-refractivity contribution in [1.29, 1.82) is 0 Å². The summed E-state index contributed by atoms with van der Waals surface area (Å²) in [6.45, 7) is 4.62. The van der Waals surface area contributed by atoms with Gasteiger partial charge in [0, 0.05) is 38.2 Å². The summed E-state index contributed by atoms with van der Waals surface area (Å²) >= 11 is 0. The molecule has 0 aromatic heterocycles. The molecule has 0 bridgehead atoms. The average molecular weight is 325 g/mol. The Morgan fingerprint density at radius 2 is 2.17 bits per heavy atom. The Kier molecular flexibility index (Phi) is 5.93. The number of hydrogen-bond donors (Lipinski definition) is 1. The Balaban J connectivity index is 1.82. The van der Waals surface area contributed by atoms with Crippen molar-refractivity contribution < 1.29 is 13.6 Å². The van der Waals surface area contributed by atoms with Gasteiger partial charge in [-0.05, 0) is 38.1 Å². The van der Waals surface area contributed by atoms with Crippen LogP contribution in [-0.4, -0.2) is 56.1 Å². The van der Waals surface area contributed by atoms with Crippen molar-refractivity contribution in [3.8, 4) is 0 Å². The molecule has 2 rings (SSSR count). The number of hydrogen-bond acceptors (Lipinski definition) is 2. The maximum atomic E-state index is 13.7. The molecule has 1 aromatic carbocycles. The van der Waals surface area contributed by atoms with Crippen molar-refractivity contribution in [1.82, 2.24) is 15.1 Å². The van der Waals surface area contributed by atoms with Gasteiger partial charge in [0.2, 0.25) is 0 Å². The van der Waals surface area contributed by atoms with E-state index in [9.17, 15) is 13.6 Å². The fourth-order valence-electron chi connectivity index (χ4n) is 3.05. The third-order valence-electron chi connectivity index (χ3n) is 4.25. The van der Waals surface area contributed by atoms with E-state index >= 15 is 0 Å². The number of carbonyl (C=O) groups is 1. The molecule has 128 valence electrons. The van der Waals surface area contributed by atoms with E-state index in [4.69, 9.17) is 0 Å². The molecule has 0 aliphatic carbocycles. The fourth-order valence-corrected chi connectivity index (χ4v) is 3.05. The topological polar surface area (TPSA) is 35.6 Å². The van der Waals surface area contributed by atoms with Crippen LogP contribution < -0.4 is 5.32 Å². The molecular weight excluding hydrogens is 300 g/mol. The van der Waals surface area contributed by atoms with Crippen molar-refractivity contribution in [3.05, 3.63) is 35.4 Å². The second-order valence-corrected chi connectivity index (χ2v) is 6.62. The highest BCUT2D eigenvalue weighted by molar-refractivity contribution is 5.74. The van der Waals surface area contributed by atoms with Gasteiger partial charge in [-0.1, -0.05) is 13.0 Å². The van der Waals surface area contributed by atoms with E-state index in [1.807, 2.05) is 25.9 Å². The summed E-state index contributed by atoms with van der Waals surface area (Å²) in [5.74, 6) is -0.868. The number of nitrogens with one attached hydrogen (secondary N) is 1. The zero-order valence-electron chi connectivity index (χ0n) is 14.0. The Bertz CT molecular complexity index is 551. The molecule has 1 aliphatic heterocycles. The molecular formula is C17H25F2N3O. The third kappa shape index (κ3) is 4.89. The van der Waals surface area contributed by atoms with Crippen molar-refractivity contribution in [2.45, 2.75) is 19.3 Å². The molecule has 1 saturated heterocycles. The first-order valence-electron chi connectivity index (χ1n) is 7.99. The first kappa shape index (κ1) is 17.7. The maximum absolute atomic E-state index is 13.7. The van der Waals surface area contributed by atoms with Crippen LogP contribution in [0.15, 0.2) is 18.2 Å². The molecule has 0 saturated carbocycles. The fraction of sp³-hybridized carbons (Fsp3) is 0.588. The van der Waals surface area contributed by atoms with Crippen molar-refractivity contribution in [3.63, 3.8) is 0 Å². The highest BCUT2D eigenvalue weighted by Gasteiger charge is 2.26. The second-order valence-electron chi connectivity index (χ2n) is 6.62. The largest absolute Gasteiger partial charge is 0.337 e. The summed E-state index contributed by atoms with van der Waals surface area (Å²) in [6.07, 6.45) is 1.01. The lowest BCUT2D eigenvalue weighted by molar-refractivity contribution is 0.205.